The molecule has 62 heavy (non-hydrogen) atoms. The molecule has 2 aromatic rings. The number of allylic oxidation sites excluding steroid dienone is 1. The van der Waals surface area contributed by atoms with Gasteiger partial charge in [-0.3, -0.25) is 24.0 Å². The van der Waals surface area contributed by atoms with Crippen molar-refractivity contribution in [1.29, 1.82) is 0 Å². The van der Waals surface area contributed by atoms with Crippen LogP contribution in [0.25, 0.3) is 11.0 Å². The number of carboxylic acid groups (broad SMARTS) is 1. The summed E-state index contributed by atoms with van der Waals surface area (Å²) in [4.78, 5) is 64.4. The van der Waals surface area contributed by atoms with Gasteiger partial charge in [0.1, 0.15) is 29.3 Å². The standard InChI is InChI=1S/C39H47F7N6O9S/c1-19-9-7-8-10-21-17-37(21,33(55)50-62(58,59)36(5)11-12-36)49-30(53)26-14-22(61-31-29(38(41,42)43)47-24-15-23(40)27(60-6)16-25(24)48-31)18-51(26)32(54)28(20(2)13-19)52(34(56)57)35(3,4)39(44,45)46/h8,10,15-16,19-22,26,28H,7,9,11-14,17-18H2,1-6H3,(H,49,53)(H,50,55)(H,56,57)/b10-8-/t19-,20-,21-,22-,26+,28+,37-/m1/s1. The van der Waals surface area contributed by atoms with Crippen LogP contribution < -0.4 is 19.5 Å². The summed E-state index contributed by atoms with van der Waals surface area (Å²) in [6.45, 7) is 4.86. The van der Waals surface area contributed by atoms with Crippen molar-refractivity contribution in [2.75, 3.05) is 13.7 Å². The van der Waals surface area contributed by atoms with Gasteiger partial charge in [-0.15, -0.1) is 0 Å². The second kappa shape index (κ2) is 16.0. The van der Waals surface area contributed by atoms with Crippen LogP contribution in [0.2, 0.25) is 0 Å². The summed E-state index contributed by atoms with van der Waals surface area (Å²) in [5.41, 5.74) is -7.71. The zero-order chi connectivity index (χ0) is 46.1. The number of alkyl halides is 6. The van der Waals surface area contributed by atoms with Crippen molar-refractivity contribution in [2.45, 2.75) is 126 Å². The summed E-state index contributed by atoms with van der Waals surface area (Å²) in [6, 6.07) is -2.37. The van der Waals surface area contributed by atoms with Crippen LogP contribution in [0.15, 0.2) is 24.3 Å². The molecule has 1 aromatic carbocycles. The number of halogens is 7. The quantitative estimate of drug-likeness (QED) is 0.217. The number of rotatable bonds is 8. The van der Waals surface area contributed by atoms with Crippen LogP contribution in [0.4, 0.5) is 35.5 Å². The Morgan fingerprint density at radius 1 is 1.05 bits per heavy atom. The summed E-state index contributed by atoms with van der Waals surface area (Å²) in [7, 11) is -3.15. The highest BCUT2D eigenvalue weighted by molar-refractivity contribution is 7.91. The number of nitrogens with one attached hydrogen (secondary N) is 2. The Kier molecular flexibility index (Phi) is 12.0. The van der Waals surface area contributed by atoms with Crippen LogP contribution >= 0.6 is 0 Å². The molecule has 2 aliphatic heterocycles. The van der Waals surface area contributed by atoms with Gasteiger partial charge in [0.05, 0.1) is 29.4 Å². The molecule has 3 N–H and O–H groups in total. The van der Waals surface area contributed by atoms with E-state index in [9.17, 15) is 63.4 Å². The lowest BCUT2D eigenvalue weighted by Crippen LogP contribution is -2.66. The van der Waals surface area contributed by atoms with E-state index in [0.717, 1.165) is 13.2 Å². The summed E-state index contributed by atoms with van der Waals surface area (Å²) in [5.74, 6) is -8.45. The smallest absolute Gasteiger partial charge is 0.438 e. The monoisotopic (exact) mass is 908 g/mol. The van der Waals surface area contributed by atoms with Crippen molar-refractivity contribution in [2.24, 2.45) is 17.8 Å². The second-order valence-electron chi connectivity index (χ2n) is 17.5. The molecule has 0 spiro atoms. The van der Waals surface area contributed by atoms with Gasteiger partial charge in [0, 0.05) is 24.5 Å². The molecule has 1 saturated heterocycles. The van der Waals surface area contributed by atoms with Crippen LogP contribution in [-0.2, 0) is 30.6 Å². The average Bonchev–Trinajstić information content (AvgIpc) is 4.03. The van der Waals surface area contributed by atoms with Crippen LogP contribution in [0, 0.1) is 23.6 Å². The van der Waals surface area contributed by atoms with Gasteiger partial charge in [0.25, 0.3) is 5.91 Å². The van der Waals surface area contributed by atoms with Crippen molar-refractivity contribution in [3.63, 3.8) is 0 Å². The fourth-order valence-corrected chi connectivity index (χ4v) is 9.52. The lowest BCUT2D eigenvalue weighted by atomic mass is 9.85. The third-order valence-electron chi connectivity index (χ3n) is 12.4. The highest BCUT2D eigenvalue weighted by Crippen LogP contribution is 2.48. The third-order valence-corrected chi connectivity index (χ3v) is 14.6. The van der Waals surface area contributed by atoms with Gasteiger partial charge in [0.15, 0.2) is 11.6 Å². The number of methoxy groups -OCH3 is 1. The van der Waals surface area contributed by atoms with Crippen molar-refractivity contribution in [3.05, 3.63) is 35.8 Å². The fourth-order valence-electron chi connectivity index (χ4n) is 8.21. The van der Waals surface area contributed by atoms with Crippen molar-refractivity contribution < 1.29 is 72.9 Å². The van der Waals surface area contributed by atoms with E-state index in [2.05, 4.69) is 20.0 Å². The van der Waals surface area contributed by atoms with Crippen molar-refractivity contribution in [3.8, 4) is 11.6 Å². The van der Waals surface area contributed by atoms with E-state index in [4.69, 9.17) is 9.47 Å². The van der Waals surface area contributed by atoms with Crippen LogP contribution in [-0.4, -0.2) is 111 Å². The van der Waals surface area contributed by atoms with E-state index in [-0.39, 0.29) is 42.0 Å². The van der Waals surface area contributed by atoms with E-state index in [0.29, 0.717) is 37.7 Å². The minimum atomic E-state index is -5.27. The number of fused-ring (bicyclic) bond motifs is 3. The normalized spacial score (nSPS) is 28.7. The number of amides is 4. The van der Waals surface area contributed by atoms with Crippen molar-refractivity contribution >= 4 is 44.9 Å². The predicted octanol–water partition coefficient (Wildman–Crippen LogP) is 5.72. The maximum absolute atomic E-state index is 14.9. The molecule has 23 heteroatoms. The molecule has 3 fully saturated rings. The maximum atomic E-state index is 14.9. The molecular formula is C39H47F7N6O9S. The van der Waals surface area contributed by atoms with Gasteiger partial charge in [0.2, 0.25) is 33.4 Å². The van der Waals surface area contributed by atoms with Gasteiger partial charge >= 0.3 is 18.4 Å². The van der Waals surface area contributed by atoms with Gasteiger partial charge in [-0.05, 0) is 71.1 Å². The van der Waals surface area contributed by atoms with Gasteiger partial charge in [-0.2, -0.15) is 26.3 Å². The molecule has 0 bridgehead atoms. The molecule has 7 atom stereocenters. The predicted molar refractivity (Wildman–Crippen MR) is 204 cm³/mol. The molecule has 2 saturated carbocycles. The van der Waals surface area contributed by atoms with E-state index in [1.165, 1.54) is 13.8 Å². The lowest BCUT2D eigenvalue weighted by Gasteiger charge is -2.45. The molecule has 0 radical (unpaired) electrons. The molecule has 4 amide bonds. The lowest BCUT2D eigenvalue weighted by molar-refractivity contribution is -0.222. The summed E-state index contributed by atoms with van der Waals surface area (Å²) >= 11 is 0. The van der Waals surface area contributed by atoms with E-state index in [1.54, 1.807) is 19.1 Å². The van der Waals surface area contributed by atoms with Gasteiger partial charge in [-0.25, -0.2) is 27.6 Å². The Morgan fingerprint density at radius 3 is 2.27 bits per heavy atom. The molecule has 15 nitrogen and oxygen atoms in total. The highest BCUT2D eigenvalue weighted by atomic mass is 32.2. The maximum Gasteiger partial charge on any atom is 0.438 e. The minimum Gasteiger partial charge on any atom is -0.494 e. The third kappa shape index (κ3) is 8.69. The fraction of sp³-hybridized carbons (Fsp3) is 0.641. The first-order chi connectivity index (χ1) is 28.6. The number of hydrogen-bond acceptors (Lipinski definition) is 10. The highest BCUT2D eigenvalue weighted by Gasteiger charge is 2.64. The Hall–Kier alpha value is -4.96. The number of hydrogen-bond donors (Lipinski definition) is 3. The van der Waals surface area contributed by atoms with E-state index in [1.807, 2.05) is 0 Å². The molecule has 1 aromatic heterocycles. The minimum absolute atomic E-state index is 0.00464. The number of carbonyl (C=O) groups excluding carboxylic acids is 3. The topological polar surface area (TPSA) is 197 Å². The first kappa shape index (κ1) is 46.5. The van der Waals surface area contributed by atoms with E-state index < -0.39 is 134 Å². The molecular weight excluding hydrogens is 862 g/mol. The molecule has 342 valence electrons. The molecule has 4 aliphatic rings. The number of sulfonamides is 1. The first-order valence-corrected chi connectivity index (χ1v) is 21.3. The van der Waals surface area contributed by atoms with Gasteiger partial charge < -0.3 is 24.8 Å². The van der Waals surface area contributed by atoms with Crippen LogP contribution in [0.3, 0.4) is 0 Å². The number of aromatic nitrogens is 2. The Morgan fingerprint density at radius 2 is 1.69 bits per heavy atom. The molecule has 3 heterocycles. The number of nitrogens with zero attached hydrogens (tertiary/aromatic N) is 4. The SMILES string of the molecule is COc1cc2nc(O[C@@H]3C[C@H]4C(=O)N[C@]5(C(=O)NS(=O)(=O)C6(C)CC6)C[C@H]5/C=C\CC[C@@H](C)C[C@@H](C)[C@H](N(C(=O)O)C(C)(C)C(F)(F)F)C(=O)N4C3)c(C(F)(F)F)nc2cc1F. The summed E-state index contributed by atoms with van der Waals surface area (Å²) in [5, 5.41) is 12.9. The largest absolute Gasteiger partial charge is 0.494 e. The molecule has 2 aliphatic carbocycles. The number of carbonyl (C=O) groups is 4. The molecule has 6 rings (SSSR count). The van der Waals surface area contributed by atoms with E-state index >= 15 is 0 Å². The number of ether oxygens (including phenoxy) is 2. The number of benzene rings is 1. The summed E-state index contributed by atoms with van der Waals surface area (Å²) < 4.78 is 140. The zero-order valence-corrected chi connectivity index (χ0v) is 35.3. The summed E-state index contributed by atoms with van der Waals surface area (Å²) in [6.07, 6.45) is -10.5. The first-order valence-electron chi connectivity index (χ1n) is 19.8. The Bertz CT molecular complexity index is 2290. The van der Waals surface area contributed by atoms with Crippen LogP contribution in [0.5, 0.6) is 11.6 Å². The van der Waals surface area contributed by atoms with Crippen molar-refractivity contribution in [1.82, 2.24) is 29.8 Å². The van der Waals surface area contributed by atoms with Crippen LogP contribution in [0.1, 0.15) is 85.3 Å². The zero-order valence-electron chi connectivity index (χ0n) is 34.5. The van der Waals surface area contributed by atoms with Gasteiger partial charge in [-0.1, -0.05) is 26.0 Å². The Balaban J connectivity index is 1.46. The Labute approximate surface area is 351 Å². The average molecular weight is 909 g/mol. The second-order valence-corrected chi connectivity index (χ2v) is 19.7. The molecule has 0 unspecified atom stereocenters.